The van der Waals surface area contributed by atoms with E-state index in [1.165, 1.54) is 51.4 Å². The summed E-state index contributed by atoms with van der Waals surface area (Å²) in [5, 5.41) is 39.9. The Bertz CT molecular complexity index is 900. The highest BCUT2D eigenvalue weighted by atomic mass is 16.7. The van der Waals surface area contributed by atoms with E-state index in [0.29, 0.717) is 13.0 Å². The molecule has 50 heavy (non-hydrogen) atoms. The molecule has 1 aliphatic heterocycles. The van der Waals surface area contributed by atoms with Crippen LogP contribution in [0.15, 0.2) is 48.6 Å². The number of esters is 1. The molecule has 0 bridgehead atoms. The summed E-state index contributed by atoms with van der Waals surface area (Å²) in [5.41, 5.74) is 0. The Labute approximate surface area is 303 Å². The summed E-state index contributed by atoms with van der Waals surface area (Å²) in [6.07, 6.45) is 31.4. The third kappa shape index (κ3) is 24.4. The minimum Gasteiger partial charge on any atom is -0.457 e. The zero-order valence-electron chi connectivity index (χ0n) is 31.4. The SMILES string of the molecule is CC/C=C\C/C=C\C/C=C\C/C=C\CCCCCCCOCC(COC1OC(CO)C(O)C(O)C1O)OC(=O)CCCCCCCCCCC. The summed E-state index contributed by atoms with van der Waals surface area (Å²) >= 11 is 0. The van der Waals surface area contributed by atoms with E-state index >= 15 is 0 Å². The lowest BCUT2D eigenvalue weighted by atomic mass is 9.99. The minimum absolute atomic E-state index is 0.122. The lowest BCUT2D eigenvalue weighted by Gasteiger charge is -2.39. The van der Waals surface area contributed by atoms with Gasteiger partial charge in [-0.15, -0.1) is 0 Å². The molecule has 0 aromatic heterocycles. The summed E-state index contributed by atoms with van der Waals surface area (Å²) in [6.45, 7) is 4.36. The highest BCUT2D eigenvalue weighted by molar-refractivity contribution is 5.69. The van der Waals surface area contributed by atoms with Gasteiger partial charge in [-0.2, -0.15) is 0 Å². The van der Waals surface area contributed by atoms with E-state index in [9.17, 15) is 25.2 Å². The molecule has 6 unspecified atom stereocenters. The largest absolute Gasteiger partial charge is 0.457 e. The van der Waals surface area contributed by atoms with Crippen LogP contribution in [0.2, 0.25) is 0 Å². The predicted octanol–water partition coefficient (Wildman–Crippen LogP) is 7.80. The number of carbonyl (C=O) groups excluding carboxylic acids is 1. The molecule has 290 valence electrons. The van der Waals surface area contributed by atoms with E-state index in [1.807, 2.05) is 0 Å². The van der Waals surface area contributed by atoms with Crippen molar-refractivity contribution in [1.82, 2.24) is 0 Å². The van der Waals surface area contributed by atoms with Crippen LogP contribution in [-0.2, 0) is 23.7 Å². The van der Waals surface area contributed by atoms with Gasteiger partial charge in [0.1, 0.15) is 30.5 Å². The second kappa shape index (κ2) is 33.0. The van der Waals surface area contributed by atoms with Gasteiger partial charge in [0.15, 0.2) is 6.29 Å². The number of unbranched alkanes of at least 4 members (excludes halogenated alkanes) is 13. The van der Waals surface area contributed by atoms with Crippen LogP contribution in [0, 0.1) is 0 Å². The molecule has 0 radical (unpaired) electrons. The first-order valence-corrected chi connectivity index (χ1v) is 19.7. The Morgan fingerprint density at radius 1 is 0.660 bits per heavy atom. The standard InChI is InChI=1S/C41H72O9/c1-3-5-7-9-11-13-14-15-16-17-18-19-20-21-23-25-27-29-31-47-33-35(34-48-41-40(46)39(45)38(44)36(32-42)50-41)49-37(43)30-28-26-24-22-12-10-8-6-4-2/h5,7,11,13,15-16,18-19,35-36,38-42,44-46H,3-4,6,8-10,12,14,17,20-34H2,1-2H3/b7-5-,13-11-,16-15-,19-18-. The van der Waals surface area contributed by atoms with Crippen LogP contribution >= 0.6 is 0 Å². The van der Waals surface area contributed by atoms with E-state index < -0.39 is 43.4 Å². The van der Waals surface area contributed by atoms with Crippen molar-refractivity contribution in [3.05, 3.63) is 48.6 Å². The fraction of sp³-hybridized carbons (Fsp3) is 0.780. The second-order valence-electron chi connectivity index (χ2n) is 13.4. The van der Waals surface area contributed by atoms with Crippen molar-refractivity contribution >= 4 is 5.97 Å². The fourth-order valence-corrected chi connectivity index (χ4v) is 5.66. The van der Waals surface area contributed by atoms with Crippen molar-refractivity contribution < 1.29 is 44.2 Å². The summed E-state index contributed by atoms with van der Waals surface area (Å²) in [5.74, 6) is -0.327. The number of hydrogen-bond acceptors (Lipinski definition) is 9. The lowest BCUT2D eigenvalue weighted by Crippen LogP contribution is -2.59. The van der Waals surface area contributed by atoms with Crippen LogP contribution in [-0.4, -0.2) is 89.6 Å². The maximum Gasteiger partial charge on any atom is 0.306 e. The van der Waals surface area contributed by atoms with Crippen molar-refractivity contribution in [2.45, 2.75) is 179 Å². The number of allylic oxidation sites excluding steroid dienone is 8. The molecule has 1 heterocycles. The number of ether oxygens (including phenoxy) is 4. The molecule has 9 heteroatoms. The molecule has 4 N–H and O–H groups in total. The van der Waals surface area contributed by atoms with Gasteiger partial charge in [-0.25, -0.2) is 0 Å². The molecule has 1 aliphatic rings. The van der Waals surface area contributed by atoms with Crippen molar-refractivity contribution in [3.63, 3.8) is 0 Å². The average molecular weight is 709 g/mol. The normalized spacial score (nSPS) is 22.1. The molecule has 0 aliphatic carbocycles. The zero-order chi connectivity index (χ0) is 36.5. The van der Waals surface area contributed by atoms with Crippen molar-refractivity contribution in [2.75, 3.05) is 26.4 Å². The van der Waals surface area contributed by atoms with Gasteiger partial charge < -0.3 is 39.4 Å². The molecule has 0 aromatic carbocycles. The summed E-state index contributed by atoms with van der Waals surface area (Å²) in [7, 11) is 0. The quantitative estimate of drug-likeness (QED) is 0.0314. The van der Waals surface area contributed by atoms with Crippen molar-refractivity contribution in [2.24, 2.45) is 0 Å². The monoisotopic (exact) mass is 709 g/mol. The first-order valence-electron chi connectivity index (χ1n) is 19.7. The minimum atomic E-state index is -1.54. The average Bonchev–Trinajstić information content (AvgIpc) is 3.11. The van der Waals surface area contributed by atoms with Gasteiger partial charge in [0.2, 0.25) is 0 Å². The number of carbonyl (C=O) groups is 1. The highest BCUT2D eigenvalue weighted by Gasteiger charge is 2.44. The first-order chi connectivity index (χ1) is 24.4. The molecule has 1 saturated heterocycles. The molecule has 6 atom stereocenters. The molecular weight excluding hydrogens is 636 g/mol. The van der Waals surface area contributed by atoms with Crippen LogP contribution in [0.1, 0.15) is 142 Å². The van der Waals surface area contributed by atoms with Gasteiger partial charge in [-0.3, -0.25) is 4.79 Å². The van der Waals surface area contributed by atoms with E-state index in [1.54, 1.807) is 0 Å². The van der Waals surface area contributed by atoms with Crippen LogP contribution in [0.4, 0.5) is 0 Å². The third-order valence-electron chi connectivity index (χ3n) is 8.76. The van der Waals surface area contributed by atoms with Gasteiger partial charge in [-0.05, 0) is 51.4 Å². The van der Waals surface area contributed by atoms with Gasteiger partial charge in [0.25, 0.3) is 0 Å². The first kappa shape index (κ1) is 46.2. The van der Waals surface area contributed by atoms with Gasteiger partial charge in [-0.1, -0.05) is 133 Å². The third-order valence-corrected chi connectivity index (χ3v) is 8.76. The van der Waals surface area contributed by atoms with Gasteiger partial charge >= 0.3 is 5.97 Å². The fourth-order valence-electron chi connectivity index (χ4n) is 5.66. The molecular formula is C41H72O9. The smallest absolute Gasteiger partial charge is 0.306 e. The van der Waals surface area contributed by atoms with Crippen LogP contribution in [0.3, 0.4) is 0 Å². The van der Waals surface area contributed by atoms with Crippen LogP contribution in [0.5, 0.6) is 0 Å². The molecule has 0 aromatic rings. The Kier molecular flexibility index (Phi) is 30.5. The zero-order valence-corrected chi connectivity index (χ0v) is 31.4. The topological polar surface area (TPSA) is 135 Å². The summed E-state index contributed by atoms with van der Waals surface area (Å²) < 4.78 is 22.7. The van der Waals surface area contributed by atoms with E-state index in [0.717, 1.165) is 70.6 Å². The molecule has 9 nitrogen and oxygen atoms in total. The van der Waals surface area contributed by atoms with Crippen LogP contribution in [0.25, 0.3) is 0 Å². The number of aliphatic hydroxyl groups excluding tert-OH is 4. The Morgan fingerprint density at radius 3 is 1.84 bits per heavy atom. The maximum atomic E-state index is 12.6. The van der Waals surface area contributed by atoms with Gasteiger partial charge in [0, 0.05) is 13.0 Å². The number of rotatable bonds is 32. The maximum absolute atomic E-state index is 12.6. The summed E-state index contributed by atoms with van der Waals surface area (Å²) in [4.78, 5) is 12.6. The highest BCUT2D eigenvalue weighted by Crippen LogP contribution is 2.22. The molecule has 0 saturated carbocycles. The predicted molar refractivity (Wildman–Crippen MR) is 201 cm³/mol. The molecule has 1 rings (SSSR count). The Hall–Kier alpha value is -1.85. The van der Waals surface area contributed by atoms with Gasteiger partial charge in [0.05, 0.1) is 19.8 Å². The second-order valence-corrected chi connectivity index (χ2v) is 13.4. The lowest BCUT2D eigenvalue weighted by molar-refractivity contribution is -0.305. The van der Waals surface area contributed by atoms with E-state index in [4.69, 9.17) is 18.9 Å². The number of hydrogen-bond donors (Lipinski definition) is 4. The van der Waals surface area contributed by atoms with E-state index in [2.05, 4.69) is 62.5 Å². The molecule has 0 amide bonds. The Balaban J connectivity index is 2.31. The van der Waals surface area contributed by atoms with Crippen molar-refractivity contribution in [3.8, 4) is 0 Å². The van der Waals surface area contributed by atoms with Crippen molar-refractivity contribution in [1.29, 1.82) is 0 Å². The summed E-state index contributed by atoms with van der Waals surface area (Å²) in [6, 6.07) is 0. The molecule has 1 fully saturated rings. The molecule has 0 spiro atoms. The Morgan fingerprint density at radius 2 is 1.22 bits per heavy atom. The van der Waals surface area contributed by atoms with E-state index in [-0.39, 0.29) is 19.2 Å². The van der Waals surface area contributed by atoms with Crippen LogP contribution < -0.4 is 0 Å². The number of aliphatic hydroxyl groups is 4.